The number of hydrogen-bond acceptors (Lipinski definition) is 6. The summed E-state index contributed by atoms with van der Waals surface area (Å²) in [4.78, 5) is 26.5. The van der Waals surface area contributed by atoms with E-state index in [0.29, 0.717) is 41.5 Å². The first-order chi connectivity index (χ1) is 17.5. The van der Waals surface area contributed by atoms with Gasteiger partial charge in [0.05, 0.1) is 12.6 Å². The van der Waals surface area contributed by atoms with Gasteiger partial charge in [0.2, 0.25) is 5.91 Å². The number of amides is 1. The quantitative estimate of drug-likeness (QED) is 0.405. The van der Waals surface area contributed by atoms with E-state index < -0.39 is 0 Å². The number of nitrogens with zero attached hydrogens (tertiary/aromatic N) is 1. The number of carbonyl (C=O) groups excluding carboxylic acids is 1. The molecule has 8 nitrogen and oxygen atoms in total. The highest BCUT2D eigenvalue weighted by atomic mass is 16.6. The van der Waals surface area contributed by atoms with Crippen LogP contribution in [0.15, 0.2) is 71.5 Å². The summed E-state index contributed by atoms with van der Waals surface area (Å²) in [5, 5.41) is 6.94. The number of benzene rings is 3. The Balaban J connectivity index is 1.48. The molecule has 0 atom stereocenters. The molecule has 5 rings (SSSR count). The fourth-order valence-corrected chi connectivity index (χ4v) is 4.15. The van der Waals surface area contributed by atoms with Crippen LogP contribution in [0.4, 0.5) is 11.4 Å². The average molecular weight is 486 g/mol. The van der Waals surface area contributed by atoms with Crippen LogP contribution in [-0.2, 0) is 17.9 Å². The first-order valence-corrected chi connectivity index (χ1v) is 11.7. The van der Waals surface area contributed by atoms with Crippen molar-refractivity contribution >= 4 is 28.2 Å². The summed E-state index contributed by atoms with van der Waals surface area (Å²) in [5.74, 6) is 1.64. The normalized spacial score (nSPS) is 12.3. The first-order valence-electron chi connectivity index (χ1n) is 11.7. The zero-order valence-electron chi connectivity index (χ0n) is 20.2. The van der Waals surface area contributed by atoms with Crippen LogP contribution in [0.25, 0.3) is 10.9 Å². The number of aryl methyl sites for hydroxylation is 1. The van der Waals surface area contributed by atoms with Crippen molar-refractivity contribution in [2.24, 2.45) is 0 Å². The Morgan fingerprint density at radius 3 is 2.31 bits per heavy atom. The average Bonchev–Trinajstić information content (AvgIpc) is 2.90. The summed E-state index contributed by atoms with van der Waals surface area (Å²) < 4.78 is 18.2. The van der Waals surface area contributed by atoms with Crippen LogP contribution >= 0.6 is 0 Å². The minimum absolute atomic E-state index is 0.140. The van der Waals surface area contributed by atoms with E-state index in [0.717, 1.165) is 22.4 Å². The molecule has 8 heteroatoms. The zero-order valence-corrected chi connectivity index (χ0v) is 20.2. The number of rotatable bonds is 7. The maximum Gasteiger partial charge on any atom is 0.256 e. The van der Waals surface area contributed by atoms with Gasteiger partial charge < -0.3 is 24.8 Å². The lowest BCUT2D eigenvalue weighted by Gasteiger charge is -2.21. The second-order valence-corrected chi connectivity index (χ2v) is 8.61. The first kappa shape index (κ1) is 23.3. The summed E-state index contributed by atoms with van der Waals surface area (Å²) in [6.07, 6.45) is 0. The molecular weight excluding hydrogens is 458 g/mol. The molecule has 1 aliphatic heterocycles. The Morgan fingerprint density at radius 1 is 0.944 bits per heavy atom. The summed E-state index contributed by atoms with van der Waals surface area (Å²) in [5.41, 5.74) is 3.50. The molecule has 1 aliphatic rings. The third kappa shape index (κ3) is 4.98. The number of pyridine rings is 1. The Hall–Kier alpha value is -4.46. The summed E-state index contributed by atoms with van der Waals surface area (Å²) in [6.45, 7) is 3.02. The Kier molecular flexibility index (Phi) is 6.49. The lowest BCUT2D eigenvalue weighted by atomic mass is 10.1. The Bertz CT molecular complexity index is 1460. The van der Waals surface area contributed by atoms with Crippen molar-refractivity contribution in [3.63, 3.8) is 0 Å². The standard InChI is InChI=1S/C28H27N3O5/c1-18-3-5-22(6-4-18)30-27(32)17-31-24-15-26-25(35-11-12-36-26)14-19(24)13-20(28(31)33)16-29-21-7-9-23(34-2)10-8-21/h3-10,13-15,29H,11-12,16-17H2,1-2H3,(H,30,32). The smallest absolute Gasteiger partial charge is 0.256 e. The van der Waals surface area contributed by atoms with Gasteiger partial charge in [0.15, 0.2) is 11.5 Å². The molecule has 1 aromatic heterocycles. The lowest BCUT2D eigenvalue weighted by Crippen LogP contribution is -2.31. The highest BCUT2D eigenvalue weighted by molar-refractivity contribution is 5.92. The van der Waals surface area contributed by atoms with Crippen molar-refractivity contribution in [2.45, 2.75) is 20.0 Å². The molecule has 0 aliphatic carbocycles. The van der Waals surface area contributed by atoms with Crippen molar-refractivity contribution in [1.82, 2.24) is 4.57 Å². The minimum atomic E-state index is -0.294. The van der Waals surface area contributed by atoms with Crippen molar-refractivity contribution in [1.29, 1.82) is 0 Å². The fourth-order valence-electron chi connectivity index (χ4n) is 4.15. The number of fused-ring (bicyclic) bond motifs is 2. The third-order valence-electron chi connectivity index (χ3n) is 6.04. The van der Waals surface area contributed by atoms with Gasteiger partial charge in [-0.25, -0.2) is 0 Å². The molecule has 2 N–H and O–H groups in total. The summed E-state index contributed by atoms with van der Waals surface area (Å²) in [7, 11) is 1.61. The Labute approximate surface area is 208 Å². The lowest BCUT2D eigenvalue weighted by molar-refractivity contribution is -0.116. The molecule has 0 bridgehead atoms. The van der Waals surface area contributed by atoms with Crippen LogP contribution < -0.4 is 30.4 Å². The van der Waals surface area contributed by atoms with E-state index in [2.05, 4.69) is 10.6 Å². The second-order valence-electron chi connectivity index (χ2n) is 8.61. The van der Waals surface area contributed by atoms with Gasteiger partial charge in [0.1, 0.15) is 25.5 Å². The second kappa shape index (κ2) is 10.0. The van der Waals surface area contributed by atoms with E-state index in [-0.39, 0.29) is 24.6 Å². The van der Waals surface area contributed by atoms with Crippen LogP contribution in [0, 0.1) is 6.92 Å². The molecule has 4 aromatic rings. The molecule has 0 radical (unpaired) electrons. The summed E-state index contributed by atoms with van der Waals surface area (Å²) >= 11 is 0. The van der Waals surface area contributed by atoms with Gasteiger partial charge in [-0.3, -0.25) is 14.2 Å². The Morgan fingerprint density at radius 2 is 1.61 bits per heavy atom. The maximum atomic E-state index is 13.6. The van der Waals surface area contributed by atoms with Crippen molar-refractivity contribution in [2.75, 3.05) is 31.0 Å². The molecular formula is C28H27N3O5. The number of hydrogen-bond donors (Lipinski definition) is 2. The minimum Gasteiger partial charge on any atom is -0.497 e. The predicted octanol–water partition coefficient (Wildman–Crippen LogP) is 4.34. The van der Waals surface area contributed by atoms with E-state index in [1.165, 1.54) is 4.57 Å². The van der Waals surface area contributed by atoms with E-state index in [4.69, 9.17) is 14.2 Å². The van der Waals surface area contributed by atoms with Crippen LogP contribution in [0.3, 0.4) is 0 Å². The number of aromatic nitrogens is 1. The van der Waals surface area contributed by atoms with Crippen molar-refractivity contribution in [3.05, 3.63) is 88.2 Å². The van der Waals surface area contributed by atoms with Gasteiger partial charge in [0, 0.05) is 34.9 Å². The largest absolute Gasteiger partial charge is 0.497 e. The third-order valence-corrected chi connectivity index (χ3v) is 6.04. The maximum absolute atomic E-state index is 13.6. The van der Waals surface area contributed by atoms with Crippen LogP contribution in [0.2, 0.25) is 0 Å². The molecule has 184 valence electrons. The molecule has 0 saturated carbocycles. The molecule has 0 spiro atoms. The molecule has 36 heavy (non-hydrogen) atoms. The molecule has 0 saturated heterocycles. The molecule has 0 unspecified atom stereocenters. The van der Waals surface area contributed by atoms with E-state index >= 15 is 0 Å². The topological polar surface area (TPSA) is 90.8 Å². The number of ether oxygens (including phenoxy) is 3. The highest BCUT2D eigenvalue weighted by Gasteiger charge is 2.18. The van der Waals surface area contributed by atoms with Gasteiger partial charge in [0.25, 0.3) is 5.56 Å². The highest BCUT2D eigenvalue weighted by Crippen LogP contribution is 2.34. The molecule has 1 amide bonds. The zero-order chi connectivity index (χ0) is 25.1. The van der Waals surface area contributed by atoms with Crippen molar-refractivity contribution < 1.29 is 19.0 Å². The molecule has 3 aromatic carbocycles. The number of methoxy groups -OCH3 is 1. The van der Waals surface area contributed by atoms with Gasteiger partial charge in [-0.1, -0.05) is 17.7 Å². The van der Waals surface area contributed by atoms with Gasteiger partial charge in [-0.15, -0.1) is 0 Å². The fraction of sp³-hybridized carbons (Fsp3) is 0.214. The van der Waals surface area contributed by atoms with E-state index in [1.807, 2.05) is 67.6 Å². The molecule has 0 fully saturated rings. The van der Waals surface area contributed by atoms with Crippen LogP contribution in [-0.4, -0.2) is 30.8 Å². The number of nitrogens with one attached hydrogen (secondary N) is 2. The van der Waals surface area contributed by atoms with Gasteiger partial charge >= 0.3 is 0 Å². The number of anilines is 2. The van der Waals surface area contributed by atoms with Gasteiger partial charge in [-0.2, -0.15) is 0 Å². The van der Waals surface area contributed by atoms with E-state index in [9.17, 15) is 9.59 Å². The van der Waals surface area contributed by atoms with Crippen LogP contribution in [0.5, 0.6) is 17.2 Å². The van der Waals surface area contributed by atoms with Gasteiger partial charge in [-0.05, 0) is 55.5 Å². The SMILES string of the molecule is COc1ccc(NCc2cc3cc4c(cc3n(CC(=O)Nc3ccc(C)cc3)c2=O)OCCO4)cc1. The molecule has 2 heterocycles. The monoisotopic (exact) mass is 485 g/mol. The predicted molar refractivity (Wildman–Crippen MR) is 139 cm³/mol. The number of carbonyl (C=O) groups is 1. The van der Waals surface area contributed by atoms with Crippen molar-refractivity contribution in [3.8, 4) is 17.2 Å². The van der Waals surface area contributed by atoms with Crippen LogP contribution in [0.1, 0.15) is 11.1 Å². The van der Waals surface area contributed by atoms with E-state index in [1.54, 1.807) is 13.2 Å². The summed E-state index contributed by atoms with van der Waals surface area (Å²) in [6, 6.07) is 20.4.